The zero-order valence-corrected chi connectivity index (χ0v) is 10.6. The number of carbonyl (C=O) groups is 1. The van der Waals surface area contributed by atoms with Crippen molar-refractivity contribution in [1.82, 2.24) is 10.2 Å². The van der Waals surface area contributed by atoms with Crippen molar-refractivity contribution in [2.24, 2.45) is 0 Å². The summed E-state index contributed by atoms with van der Waals surface area (Å²) in [7, 11) is 0. The molecule has 1 amide bonds. The lowest BCUT2D eigenvalue weighted by atomic mass is 10.3. The number of carbonyl (C=O) groups excluding carboxylic acids is 1. The highest BCUT2D eigenvalue weighted by atomic mass is 16.5. The van der Waals surface area contributed by atoms with Gasteiger partial charge in [0, 0.05) is 6.54 Å². The van der Waals surface area contributed by atoms with Gasteiger partial charge in [0.25, 0.3) is 0 Å². The van der Waals surface area contributed by atoms with Crippen molar-refractivity contribution in [2.75, 3.05) is 13.2 Å². The van der Waals surface area contributed by atoms with Crippen LogP contribution in [0.2, 0.25) is 0 Å². The first-order valence-corrected chi connectivity index (χ1v) is 6.92. The predicted octanol–water partition coefficient (Wildman–Crippen LogP) is 1.26. The fourth-order valence-corrected chi connectivity index (χ4v) is 3.14. The van der Waals surface area contributed by atoms with E-state index in [-0.39, 0.29) is 11.7 Å². The van der Waals surface area contributed by atoms with Crippen LogP contribution in [0, 0.1) is 0 Å². The Labute approximate surface area is 103 Å². The van der Waals surface area contributed by atoms with E-state index < -0.39 is 0 Å². The average molecular weight is 238 g/mol. The molecule has 1 saturated heterocycles. The van der Waals surface area contributed by atoms with Gasteiger partial charge in [-0.25, -0.2) is 0 Å². The first kappa shape index (κ1) is 11.5. The molecular weight excluding hydrogens is 216 g/mol. The molecule has 3 rings (SSSR count). The van der Waals surface area contributed by atoms with Crippen LogP contribution in [-0.4, -0.2) is 41.8 Å². The molecule has 3 fully saturated rings. The first-order chi connectivity index (χ1) is 8.21. The van der Waals surface area contributed by atoms with Gasteiger partial charge >= 0.3 is 0 Å². The van der Waals surface area contributed by atoms with E-state index in [0.29, 0.717) is 18.6 Å². The molecule has 0 bridgehead atoms. The molecule has 1 spiro atoms. The van der Waals surface area contributed by atoms with E-state index in [1.54, 1.807) is 0 Å². The van der Waals surface area contributed by atoms with Crippen molar-refractivity contribution in [2.45, 2.75) is 63.3 Å². The van der Waals surface area contributed by atoms with E-state index in [0.717, 1.165) is 19.4 Å². The van der Waals surface area contributed by atoms with Crippen LogP contribution in [0.3, 0.4) is 0 Å². The van der Waals surface area contributed by atoms with Crippen molar-refractivity contribution < 1.29 is 9.53 Å². The van der Waals surface area contributed by atoms with Crippen LogP contribution in [0.5, 0.6) is 0 Å². The van der Waals surface area contributed by atoms with E-state index in [1.807, 2.05) is 4.90 Å². The lowest BCUT2D eigenvalue weighted by molar-refractivity contribution is -0.131. The van der Waals surface area contributed by atoms with E-state index in [1.165, 1.54) is 25.7 Å². The van der Waals surface area contributed by atoms with E-state index in [9.17, 15) is 4.79 Å². The van der Waals surface area contributed by atoms with Gasteiger partial charge in [0.2, 0.25) is 5.91 Å². The number of hydrogen-bond acceptors (Lipinski definition) is 3. The molecule has 4 heteroatoms. The maximum Gasteiger partial charge on any atom is 0.244 e. The van der Waals surface area contributed by atoms with Crippen molar-refractivity contribution >= 4 is 5.91 Å². The molecule has 4 nitrogen and oxygen atoms in total. The summed E-state index contributed by atoms with van der Waals surface area (Å²) in [5.74, 6) is 0.292. The molecule has 17 heavy (non-hydrogen) atoms. The van der Waals surface area contributed by atoms with Crippen molar-refractivity contribution in [3.05, 3.63) is 0 Å². The van der Waals surface area contributed by atoms with Gasteiger partial charge in [-0.2, -0.15) is 0 Å². The molecule has 1 heterocycles. The van der Waals surface area contributed by atoms with Crippen LogP contribution < -0.4 is 5.32 Å². The zero-order valence-electron chi connectivity index (χ0n) is 10.6. The average Bonchev–Trinajstić information content (AvgIpc) is 2.82. The van der Waals surface area contributed by atoms with Crippen LogP contribution in [0.15, 0.2) is 0 Å². The topological polar surface area (TPSA) is 41.6 Å². The standard InChI is InChI=1S/C13H22N2O2/c1-10-14-13(6-7-13)12(16)15(10)8-9-17-11-4-2-3-5-11/h10-11,14H,2-9H2,1H3. The monoisotopic (exact) mass is 238 g/mol. The minimum Gasteiger partial charge on any atom is -0.376 e. The fourth-order valence-electron chi connectivity index (χ4n) is 3.14. The number of rotatable bonds is 4. The molecular formula is C13H22N2O2. The Balaban J connectivity index is 1.46. The number of ether oxygens (including phenoxy) is 1. The Kier molecular flexibility index (Phi) is 2.87. The highest BCUT2D eigenvalue weighted by molar-refractivity contribution is 5.91. The van der Waals surface area contributed by atoms with Crippen molar-refractivity contribution in [1.29, 1.82) is 0 Å². The summed E-state index contributed by atoms with van der Waals surface area (Å²) in [6.07, 6.45) is 7.65. The maximum atomic E-state index is 12.1. The van der Waals surface area contributed by atoms with Crippen molar-refractivity contribution in [3.8, 4) is 0 Å². The number of nitrogens with one attached hydrogen (secondary N) is 1. The molecule has 0 aromatic heterocycles. The summed E-state index contributed by atoms with van der Waals surface area (Å²) in [4.78, 5) is 14.1. The molecule has 1 unspecified atom stereocenters. The highest BCUT2D eigenvalue weighted by Crippen LogP contribution is 2.41. The van der Waals surface area contributed by atoms with Gasteiger partial charge in [-0.1, -0.05) is 12.8 Å². The summed E-state index contributed by atoms with van der Waals surface area (Å²) >= 11 is 0. The summed E-state index contributed by atoms with van der Waals surface area (Å²) in [5, 5.41) is 3.40. The molecule has 0 aromatic rings. The Bertz CT molecular complexity index is 309. The smallest absolute Gasteiger partial charge is 0.244 e. The van der Waals surface area contributed by atoms with E-state index >= 15 is 0 Å². The van der Waals surface area contributed by atoms with Crippen LogP contribution in [0.4, 0.5) is 0 Å². The third-order valence-electron chi connectivity index (χ3n) is 4.36. The molecule has 96 valence electrons. The molecule has 3 aliphatic rings. The molecule has 2 saturated carbocycles. The Hall–Kier alpha value is -0.610. The lowest BCUT2D eigenvalue weighted by Crippen LogP contribution is -2.37. The van der Waals surface area contributed by atoms with Gasteiger partial charge in [0.05, 0.1) is 24.4 Å². The predicted molar refractivity (Wildman–Crippen MR) is 64.5 cm³/mol. The molecule has 0 aromatic carbocycles. The molecule has 1 N–H and O–H groups in total. The Morgan fingerprint density at radius 1 is 1.41 bits per heavy atom. The SMILES string of the molecule is CC1NC2(CC2)C(=O)N1CCOC1CCCC1. The normalized spacial score (nSPS) is 31.7. The second-order valence-corrected chi connectivity index (χ2v) is 5.68. The van der Waals surface area contributed by atoms with Gasteiger partial charge in [-0.3, -0.25) is 10.1 Å². The van der Waals surface area contributed by atoms with Crippen LogP contribution in [-0.2, 0) is 9.53 Å². The van der Waals surface area contributed by atoms with Gasteiger partial charge in [-0.15, -0.1) is 0 Å². The van der Waals surface area contributed by atoms with Crippen molar-refractivity contribution in [3.63, 3.8) is 0 Å². The third kappa shape index (κ3) is 2.08. The number of hydrogen-bond donors (Lipinski definition) is 1. The molecule has 0 radical (unpaired) electrons. The summed E-state index contributed by atoms with van der Waals surface area (Å²) in [5.41, 5.74) is -0.174. The van der Waals surface area contributed by atoms with Crippen LogP contribution >= 0.6 is 0 Å². The Morgan fingerprint density at radius 2 is 2.12 bits per heavy atom. The minimum atomic E-state index is -0.174. The largest absolute Gasteiger partial charge is 0.376 e. The first-order valence-electron chi connectivity index (χ1n) is 6.92. The number of nitrogens with zero attached hydrogens (tertiary/aromatic N) is 1. The van der Waals surface area contributed by atoms with Gasteiger partial charge in [0.1, 0.15) is 0 Å². The third-order valence-corrected chi connectivity index (χ3v) is 4.36. The fraction of sp³-hybridized carbons (Fsp3) is 0.923. The summed E-state index contributed by atoms with van der Waals surface area (Å²) in [6.45, 7) is 3.50. The highest BCUT2D eigenvalue weighted by Gasteiger charge is 2.57. The minimum absolute atomic E-state index is 0.174. The second kappa shape index (κ2) is 4.25. The molecule has 2 aliphatic carbocycles. The second-order valence-electron chi connectivity index (χ2n) is 5.68. The molecule has 1 aliphatic heterocycles. The van der Waals surface area contributed by atoms with Gasteiger partial charge < -0.3 is 9.64 Å². The summed E-state index contributed by atoms with van der Waals surface area (Å²) < 4.78 is 5.83. The van der Waals surface area contributed by atoms with E-state index in [2.05, 4.69) is 12.2 Å². The van der Waals surface area contributed by atoms with E-state index in [4.69, 9.17) is 4.74 Å². The van der Waals surface area contributed by atoms with Crippen LogP contribution in [0.1, 0.15) is 45.4 Å². The quantitative estimate of drug-likeness (QED) is 0.801. The lowest BCUT2D eigenvalue weighted by Gasteiger charge is -2.21. The van der Waals surface area contributed by atoms with Gasteiger partial charge in [0.15, 0.2) is 0 Å². The maximum absolute atomic E-state index is 12.1. The molecule has 1 atom stereocenters. The van der Waals surface area contributed by atoms with Crippen LogP contribution in [0.25, 0.3) is 0 Å². The summed E-state index contributed by atoms with van der Waals surface area (Å²) in [6, 6.07) is 0. The number of amides is 1. The zero-order chi connectivity index (χ0) is 11.9. The Morgan fingerprint density at radius 3 is 2.71 bits per heavy atom. The van der Waals surface area contributed by atoms with Gasteiger partial charge in [-0.05, 0) is 32.6 Å².